The van der Waals surface area contributed by atoms with E-state index in [0.717, 1.165) is 15.9 Å². The topological polar surface area (TPSA) is 68.5 Å². The Morgan fingerprint density at radius 1 is 1.38 bits per heavy atom. The van der Waals surface area contributed by atoms with Crippen molar-refractivity contribution in [1.82, 2.24) is 24.7 Å². The zero-order chi connectivity index (χ0) is 11.5. The number of nitrogens with one attached hydrogen (secondary N) is 1. The third-order valence-electron chi connectivity index (χ3n) is 1.92. The van der Waals surface area contributed by atoms with Crippen LogP contribution in [0.5, 0.6) is 0 Å². The van der Waals surface area contributed by atoms with Crippen molar-refractivity contribution in [2.75, 3.05) is 12.4 Å². The van der Waals surface area contributed by atoms with Gasteiger partial charge in [0.1, 0.15) is 11.4 Å². The molecule has 0 aliphatic carbocycles. The lowest BCUT2D eigenvalue weighted by atomic mass is 10.5. The van der Waals surface area contributed by atoms with Crippen molar-refractivity contribution in [3.8, 4) is 0 Å². The minimum absolute atomic E-state index is 0.615. The second-order valence-electron chi connectivity index (χ2n) is 3.19. The van der Waals surface area contributed by atoms with Gasteiger partial charge in [-0.3, -0.25) is 0 Å². The molecule has 6 nitrogen and oxygen atoms in total. The first-order valence-corrected chi connectivity index (χ1v) is 5.56. The number of hydrogen-bond acceptors (Lipinski definition) is 6. The molecule has 1 N–H and O–H groups in total. The first-order chi connectivity index (χ1) is 7.69. The highest BCUT2D eigenvalue weighted by Crippen LogP contribution is 2.24. The van der Waals surface area contributed by atoms with Gasteiger partial charge in [0.25, 0.3) is 0 Å². The Hall–Kier alpha value is -1.63. The van der Waals surface area contributed by atoms with Gasteiger partial charge in [-0.2, -0.15) is 5.10 Å². The number of aromatic nitrogens is 5. The second kappa shape index (κ2) is 4.48. The molecule has 0 unspecified atom stereocenters. The number of hydrogen-bond donors (Lipinski definition) is 1. The molecule has 0 bridgehead atoms. The summed E-state index contributed by atoms with van der Waals surface area (Å²) in [4.78, 5) is 12.7. The summed E-state index contributed by atoms with van der Waals surface area (Å²) in [5.41, 5.74) is 0.920. The fraction of sp³-hybridized carbons (Fsp3) is 0.333. The smallest absolute Gasteiger partial charge is 0.223 e. The van der Waals surface area contributed by atoms with E-state index in [1.165, 1.54) is 18.1 Å². The molecule has 2 aromatic heterocycles. The van der Waals surface area contributed by atoms with Crippen LogP contribution in [0.4, 0.5) is 5.95 Å². The minimum atomic E-state index is 0.615. The van der Waals surface area contributed by atoms with E-state index in [-0.39, 0.29) is 0 Å². The summed E-state index contributed by atoms with van der Waals surface area (Å²) in [6.07, 6.45) is 1.52. The Morgan fingerprint density at radius 3 is 2.81 bits per heavy atom. The van der Waals surface area contributed by atoms with Gasteiger partial charge in [0.15, 0.2) is 5.16 Å². The monoisotopic (exact) mass is 236 g/mol. The lowest BCUT2D eigenvalue weighted by Gasteiger charge is -2.04. The predicted octanol–water partition coefficient (Wildman–Crippen LogP) is 1.11. The predicted molar refractivity (Wildman–Crippen MR) is 61.4 cm³/mol. The Labute approximate surface area is 97.5 Å². The zero-order valence-corrected chi connectivity index (χ0v) is 10.1. The number of aryl methyl sites for hydroxylation is 2. The zero-order valence-electron chi connectivity index (χ0n) is 9.30. The summed E-state index contributed by atoms with van der Waals surface area (Å²) in [6.45, 7) is 1.93. The van der Waals surface area contributed by atoms with E-state index in [1.807, 2.05) is 20.0 Å². The van der Waals surface area contributed by atoms with Gasteiger partial charge in [-0.15, -0.1) is 0 Å². The molecule has 0 fully saturated rings. The number of nitrogens with zero attached hydrogens (tertiary/aromatic N) is 5. The van der Waals surface area contributed by atoms with Gasteiger partial charge in [-0.1, -0.05) is 0 Å². The van der Waals surface area contributed by atoms with Crippen LogP contribution in [0, 0.1) is 6.92 Å². The van der Waals surface area contributed by atoms with Crippen LogP contribution >= 0.6 is 11.8 Å². The molecule has 0 spiro atoms. The van der Waals surface area contributed by atoms with Crippen LogP contribution in [0.2, 0.25) is 0 Å². The van der Waals surface area contributed by atoms with Crippen molar-refractivity contribution in [2.24, 2.45) is 7.05 Å². The van der Waals surface area contributed by atoms with E-state index in [2.05, 4.69) is 25.4 Å². The largest absolute Gasteiger partial charge is 0.357 e. The SMILES string of the molecule is CNc1nc(C)cc(Sc2ncnn2C)n1. The van der Waals surface area contributed by atoms with Crippen molar-refractivity contribution in [2.45, 2.75) is 17.1 Å². The molecule has 0 aromatic carbocycles. The third-order valence-corrected chi connectivity index (χ3v) is 2.89. The lowest BCUT2D eigenvalue weighted by molar-refractivity contribution is 0.684. The van der Waals surface area contributed by atoms with Crippen molar-refractivity contribution in [1.29, 1.82) is 0 Å². The molecular formula is C9H12N6S. The van der Waals surface area contributed by atoms with E-state index < -0.39 is 0 Å². The van der Waals surface area contributed by atoms with Gasteiger partial charge in [0.2, 0.25) is 5.95 Å². The summed E-state index contributed by atoms with van der Waals surface area (Å²) in [7, 11) is 3.65. The van der Waals surface area contributed by atoms with Crippen molar-refractivity contribution in [3.63, 3.8) is 0 Å². The molecule has 2 rings (SSSR count). The highest BCUT2D eigenvalue weighted by Gasteiger charge is 2.06. The van der Waals surface area contributed by atoms with Crippen LogP contribution < -0.4 is 5.32 Å². The number of rotatable bonds is 3. The second-order valence-corrected chi connectivity index (χ2v) is 4.18. The highest BCUT2D eigenvalue weighted by atomic mass is 32.2. The van der Waals surface area contributed by atoms with Crippen LogP contribution in [-0.4, -0.2) is 31.8 Å². The van der Waals surface area contributed by atoms with E-state index in [9.17, 15) is 0 Å². The van der Waals surface area contributed by atoms with E-state index in [1.54, 1.807) is 11.7 Å². The van der Waals surface area contributed by atoms with E-state index in [0.29, 0.717) is 5.95 Å². The summed E-state index contributed by atoms with van der Waals surface area (Å²) in [5, 5.41) is 8.59. The maximum absolute atomic E-state index is 4.33. The van der Waals surface area contributed by atoms with Gasteiger partial charge >= 0.3 is 0 Å². The van der Waals surface area contributed by atoms with E-state index in [4.69, 9.17) is 0 Å². The normalized spacial score (nSPS) is 10.4. The van der Waals surface area contributed by atoms with E-state index >= 15 is 0 Å². The van der Waals surface area contributed by atoms with Crippen molar-refractivity contribution >= 4 is 17.7 Å². The summed E-state index contributed by atoms with van der Waals surface area (Å²) in [6, 6.07) is 1.92. The average molecular weight is 236 g/mol. The van der Waals surface area contributed by atoms with Crippen molar-refractivity contribution in [3.05, 3.63) is 18.1 Å². The summed E-state index contributed by atoms with van der Waals surface area (Å²) in [5.74, 6) is 0.615. The minimum Gasteiger partial charge on any atom is -0.357 e. The van der Waals surface area contributed by atoms with Crippen LogP contribution in [0.1, 0.15) is 5.69 Å². The van der Waals surface area contributed by atoms with Gasteiger partial charge < -0.3 is 5.32 Å². The molecule has 0 saturated heterocycles. The lowest BCUT2D eigenvalue weighted by Crippen LogP contribution is -1.99. The molecule has 0 aliphatic rings. The quantitative estimate of drug-likeness (QED) is 0.805. The summed E-state index contributed by atoms with van der Waals surface area (Å²) < 4.78 is 1.71. The molecule has 0 aliphatic heterocycles. The third kappa shape index (κ3) is 2.30. The fourth-order valence-electron chi connectivity index (χ4n) is 1.18. The van der Waals surface area contributed by atoms with Crippen LogP contribution in [0.15, 0.2) is 22.6 Å². The van der Waals surface area contributed by atoms with Gasteiger partial charge in [-0.05, 0) is 24.8 Å². The number of anilines is 1. The van der Waals surface area contributed by atoms with Gasteiger partial charge in [0.05, 0.1) is 0 Å². The van der Waals surface area contributed by atoms with Crippen LogP contribution in [-0.2, 0) is 7.05 Å². The standard InChI is InChI=1S/C9H12N6S/c1-6-4-7(14-8(10-2)13-6)16-9-11-5-12-15(9)3/h4-5H,1-3H3,(H,10,13,14). The average Bonchev–Trinajstić information content (AvgIpc) is 2.63. The molecule has 0 atom stereocenters. The summed E-state index contributed by atoms with van der Waals surface area (Å²) >= 11 is 1.46. The Morgan fingerprint density at radius 2 is 2.19 bits per heavy atom. The fourth-order valence-corrected chi connectivity index (χ4v) is 2.00. The van der Waals surface area contributed by atoms with Gasteiger partial charge in [0, 0.05) is 19.8 Å². The Kier molecular flexibility index (Phi) is 3.04. The maximum atomic E-state index is 4.33. The molecule has 0 radical (unpaired) electrons. The maximum Gasteiger partial charge on any atom is 0.223 e. The van der Waals surface area contributed by atoms with Crippen LogP contribution in [0.25, 0.3) is 0 Å². The molecule has 2 aromatic rings. The molecular weight excluding hydrogens is 224 g/mol. The Balaban J connectivity index is 2.28. The first kappa shape index (κ1) is 10.9. The molecule has 84 valence electrons. The highest BCUT2D eigenvalue weighted by molar-refractivity contribution is 7.99. The van der Waals surface area contributed by atoms with Crippen LogP contribution in [0.3, 0.4) is 0 Å². The molecule has 0 saturated carbocycles. The molecule has 16 heavy (non-hydrogen) atoms. The van der Waals surface area contributed by atoms with Gasteiger partial charge in [-0.25, -0.2) is 19.6 Å². The van der Waals surface area contributed by atoms with Crippen molar-refractivity contribution < 1.29 is 0 Å². The first-order valence-electron chi connectivity index (χ1n) is 4.74. The molecule has 0 amide bonds. The Bertz CT molecular complexity index is 494. The molecule has 2 heterocycles. The molecule has 7 heteroatoms.